The van der Waals surface area contributed by atoms with Crippen molar-refractivity contribution in [3.8, 4) is 0 Å². The molecule has 2 unspecified atom stereocenters. The van der Waals surface area contributed by atoms with E-state index in [1.165, 1.54) is 6.42 Å². The van der Waals surface area contributed by atoms with Crippen LogP contribution < -0.4 is 0 Å². The quantitative estimate of drug-likeness (QED) is 0.505. The molecule has 0 aromatic carbocycles. The monoisotopic (exact) mass is 286 g/mol. The number of hydrogen-bond donors (Lipinski definition) is 0. The van der Waals surface area contributed by atoms with Gasteiger partial charge in [0, 0.05) is 0 Å². The number of ether oxygens (including phenoxy) is 2. The average Bonchev–Trinajstić information content (AvgIpc) is 2.26. The molecule has 0 aliphatic heterocycles. The second kappa shape index (κ2) is 9.78. The first-order valence-electron chi connectivity index (χ1n) is 7.60. The third-order valence-corrected chi connectivity index (χ3v) is 3.03. The maximum atomic E-state index is 11.3. The smallest absolute Gasteiger partial charge is 0.417 e. The van der Waals surface area contributed by atoms with E-state index in [0.29, 0.717) is 17.8 Å². The molecule has 0 rings (SSSR count). The minimum Gasteiger partial charge on any atom is -0.457 e. The summed E-state index contributed by atoms with van der Waals surface area (Å²) in [6, 6.07) is 0. The Balaban J connectivity index is 3.83. The van der Waals surface area contributed by atoms with Crippen LogP contribution in [0.5, 0.6) is 0 Å². The van der Waals surface area contributed by atoms with Crippen molar-refractivity contribution in [3.63, 3.8) is 0 Å². The van der Waals surface area contributed by atoms with Crippen LogP contribution in [-0.4, -0.2) is 24.6 Å². The lowest BCUT2D eigenvalue weighted by molar-refractivity contribution is -0.170. The Morgan fingerprint density at radius 2 is 1.45 bits per heavy atom. The van der Waals surface area contributed by atoms with Gasteiger partial charge in [0.05, 0.1) is 12.7 Å². The molecule has 118 valence electrons. The number of hydrogen-bond acceptors (Lipinski definition) is 4. The zero-order valence-corrected chi connectivity index (χ0v) is 13.8. The molecule has 20 heavy (non-hydrogen) atoms. The minimum absolute atomic E-state index is 0.279. The normalized spacial score (nSPS) is 14.2. The predicted octanol–water partition coefficient (Wildman–Crippen LogP) is 3.58. The summed E-state index contributed by atoms with van der Waals surface area (Å²) in [6.07, 6.45) is 2.81. The van der Waals surface area contributed by atoms with E-state index in [1.54, 1.807) is 13.8 Å². The molecule has 0 saturated carbocycles. The molecule has 4 heteroatoms. The molecule has 0 aliphatic rings. The van der Waals surface area contributed by atoms with E-state index in [9.17, 15) is 9.59 Å². The van der Waals surface area contributed by atoms with E-state index < -0.39 is 11.9 Å². The third kappa shape index (κ3) is 9.82. The zero-order valence-electron chi connectivity index (χ0n) is 13.8. The van der Waals surface area contributed by atoms with Crippen LogP contribution in [-0.2, 0) is 19.1 Å². The van der Waals surface area contributed by atoms with Crippen molar-refractivity contribution in [2.24, 2.45) is 17.8 Å². The van der Waals surface area contributed by atoms with Crippen LogP contribution in [0.3, 0.4) is 0 Å². The highest BCUT2D eigenvalue weighted by molar-refractivity contribution is 6.29. The van der Waals surface area contributed by atoms with Gasteiger partial charge in [0.25, 0.3) is 0 Å². The average molecular weight is 286 g/mol. The van der Waals surface area contributed by atoms with E-state index >= 15 is 0 Å². The second-order valence-corrected chi connectivity index (χ2v) is 6.45. The van der Waals surface area contributed by atoms with Gasteiger partial charge in [0.2, 0.25) is 0 Å². The fourth-order valence-corrected chi connectivity index (χ4v) is 2.38. The van der Waals surface area contributed by atoms with Gasteiger partial charge in [-0.1, -0.05) is 27.7 Å². The van der Waals surface area contributed by atoms with Crippen molar-refractivity contribution in [3.05, 3.63) is 0 Å². The van der Waals surface area contributed by atoms with Gasteiger partial charge in [-0.25, -0.2) is 9.59 Å². The predicted molar refractivity (Wildman–Crippen MR) is 79.2 cm³/mol. The van der Waals surface area contributed by atoms with Crippen LogP contribution in [0.15, 0.2) is 0 Å². The van der Waals surface area contributed by atoms with Gasteiger partial charge in [-0.2, -0.15) is 0 Å². The number of esters is 2. The molecule has 4 nitrogen and oxygen atoms in total. The Bertz CT molecular complexity index is 297. The Hall–Kier alpha value is -1.06. The summed E-state index contributed by atoms with van der Waals surface area (Å²) in [5.41, 5.74) is 0. The molecule has 0 saturated heterocycles. The fourth-order valence-electron chi connectivity index (χ4n) is 2.38. The summed E-state index contributed by atoms with van der Waals surface area (Å²) in [5, 5.41) is 0. The van der Waals surface area contributed by atoms with Crippen LogP contribution in [0.1, 0.15) is 60.8 Å². The van der Waals surface area contributed by atoms with E-state index in [4.69, 9.17) is 9.47 Å². The van der Waals surface area contributed by atoms with Gasteiger partial charge < -0.3 is 9.47 Å². The maximum Gasteiger partial charge on any atom is 0.417 e. The lowest BCUT2D eigenvalue weighted by atomic mass is 9.89. The summed E-state index contributed by atoms with van der Waals surface area (Å²) in [5.74, 6) is 0.0760. The number of rotatable bonds is 8. The van der Waals surface area contributed by atoms with Gasteiger partial charge in [-0.15, -0.1) is 0 Å². The first-order valence-corrected chi connectivity index (χ1v) is 7.60. The summed E-state index contributed by atoms with van der Waals surface area (Å²) in [7, 11) is 0. The SMILES string of the molecule is CC(C)CC(C)CC(C)CCOC(=O)C(=O)OC(C)C. The van der Waals surface area contributed by atoms with Crippen molar-refractivity contribution in [1.29, 1.82) is 0 Å². The Labute approximate surface area is 123 Å². The second-order valence-electron chi connectivity index (χ2n) is 6.45. The van der Waals surface area contributed by atoms with Crippen LogP contribution in [0.2, 0.25) is 0 Å². The molecule has 0 heterocycles. The molecule has 0 bridgehead atoms. The van der Waals surface area contributed by atoms with Gasteiger partial charge >= 0.3 is 11.9 Å². The van der Waals surface area contributed by atoms with E-state index in [1.807, 2.05) is 0 Å². The van der Waals surface area contributed by atoms with Gasteiger partial charge in [0.15, 0.2) is 0 Å². The molecule has 0 fully saturated rings. The summed E-state index contributed by atoms with van der Waals surface area (Å²) < 4.78 is 9.69. The Kier molecular flexibility index (Phi) is 9.26. The molecule has 0 aromatic heterocycles. The van der Waals surface area contributed by atoms with Crippen molar-refractivity contribution >= 4 is 11.9 Å². The molecular weight excluding hydrogens is 256 g/mol. The molecule has 0 radical (unpaired) electrons. The lowest BCUT2D eigenvalue weighted by Crippen LogP contribution is -2.24. The van der Waals surface area contributed by atoms with Crippen LogP contribution in [0.4, 0.5) is 0 Å². The van der Waals surface area contributed by atoms with Gasteiger partial charge in [-0.3, -0.25) is 0 Å². The van der Waals surface area contributed by atoms with E-state index in [2.05, 4.69) is 27.7 Å². The summed E-state index contributed by atoms with van der Waals surface area (Å²) >= 11 is 0. The highest BCUT2D eigenvalue weighted by atomic mass is 16.6. The molecule has 2 atom stereocenters. The lowest BCUT2D eigenvalue weighted by Gasteiger charge is -2.18. The topological polar surface area (TPSA) is 52.6 Å². The largest absolute Gasteiger partial charge is 0.457 e. The van der Waals surface area contributed by atoms with Crippen molar-refractivity contribution in [2.45, 2.75) is 66.9 Å². The summed E-state index contributed by atoms with van der Waals surface area (Å²) in [6.45, 7) is 12.5. The first kappa shape index (κ1) is 18.9. The Morgan fingerprint density at radius 1 is 0.850 bits per heavy atom. The van der Waals surface area contributed by atoms with Crippen LogP contribution >= 0.6 is 0 Å². The molecule has 0 N–H and O–H groups in total. The first-order chi connectivity index (χ1) is 9.22. The number of carbonyl (C=O) groups is 2. The molecule has 0 spiro atoms. The minimum atomic E-state index is -0.902. The van der Waals surface area contributed by atoms with Gasteiger partial charge in [0.1, 0.15) is 0 Å². The van der Waals surface area contributed by atoms with Gasteiger partial charge in [-0.05, 0) is 50.9 Å². The van der Waals surface area contributed by atoms with Crippen LogP contribution in [0.25, 0.3) is 0 Å². The number of carbonyl (C=O) groups excluding carboxylic acids is 2. The molecular formula is C16H30O4. The highest BCUT2D eigenvalue weighted by Crippen LogP contribution is 2.21. The summed E-state index contributed by atoms with van der Waals surface area (Å²) in [4.78, 5) is 22.6. The standard InChI is InChI=1S/C16H30O4/c1-11(2)9-14(6)10-13(5)7-8-19-15(17)16(18)20-12(3)4/h11-14H,7-10H2,1-6H3. The maximum absolute atomic E-state index is 11.3. The van der Waals surface area contributed by atoms with E-state index in [-0.39, 0.29) is 12.7 Å². The third-order valence-electron chi connectivity index (χ3n) is 3.03. The van der Waals surface area contributed by atoms with Crippen LogP contribution in [0, 0.1) is 17.8 Å². The highest BCUT2D eigenvalue weighted by Gasteiger charge is 2.19. The molecule has 0 amide bonds. The van der Waals surface area contributed by atoms with Crippen molar-refractivity contribution in [2.75, 3.05) is 6.61 Å². The molecule has 0 aliphatic carbocycles. The molecule has 0 aromatic rings. The van der Waals surface area contributed by atoms with Crippen molar-refractivity contribution < 1.29 is 19.1 Å². The van der Waals surface area contributed by atoms with Crippen molar-refractivity contribution in [1.82, 2.24) is 0 Å². The fraction of sp³-hybridized carbons (Fsp3) is 0.875. The Morgan fingerprint density at radius 3 is 1.95 bits per heavy atom. The van der Waals surface area contributed by atoms with E-state index in [0.717, 1.165) is 12.8 Å². The zero-order chi connectivity index (χ0) is 15.7.